The minimum absolute atomic E-state index is 0.0710. The smallest absolute Gasteiger partial charge is 0.240 e. The Hall–Kier alpha value is -2.73. The van der Waals surface area contributed by atoms with Crippen LogP contribution in [0.1, 0.15) is 24.0 Å². The highest BCUT2D eigenvalue weighted by Crippen LogP contribution is 2.19. The van der Waals surface area contributed by atoms with Crippen LogP contribution in [-0.4, -0.2) is 40.8 Å². The number of hydrogen-bond acceptors (Lipinski definition) is 4. The molecule has 6 nitrogen and oxygen atoms in total. The topological polar surface area (TPSA) is 88.3 Å². The highest BCUT2D eigenvalue weighted by molar-refractivity contribution is 5.87. The summed E-state index contributed by atoms with van der Waals surface area (Å²) in [5.74, 6) is -0.642. The van der Waals surface area contributed by atoms with Crippen molar-refractivity contribution in [2.24, 2.45) is 11.7 Å². The van der Waals surface area contributed by atoms with Gasteiger partial charge in [0.2, 0.25) is 11.8 Å². The summed E-state index contributed by atoms with van der Waals surface area (Å²) in [6.45, 7) is 2.59. The fourth-order valence-corrected chi connectivity index (χ4v) is 3.46. The van der Waals surface area contributed by atoms with E-state index in [0.717, 1.165) is 38.0 Å². The number of pyridine rings is 1. The Morgan fingerprint density at radius 1 is 1.07 bits per heavy atom. The number of benzene rings is 1. The van der Waals surface area contributed by atoms with Gasteiger partial charge in [0.1, 0.15) is 6.04 Å². The van der Waals surface area contributed by atoms with E-state index < -0.39 is 11.9 Å². The van der Waals surface area contributed by atoms with Gasteiger partial charge in [0.25, 0.3) is 0 Å². The molecule has 2 amide bonds. The van der Waals surface area contributed by atoms with Crippen LogP contribution >= 0.6 is 0 Å². The van der Waals surface area contributed by atoms with Gasteiger partial charge in [0.15, 0.2) is 0 Å². The Balaban J connectivity index is 1.49. The van der Waals surface area contributed by atoms with E-state index in [9.17, 15) is 9.59 Å². The number of likely N-dealkylation sites (tertiary alicyclic amines) is 1. The number of amides is 2. The molecule has 1 aromatic heterocycles. The Kier molecular flexibility index (Phi) is 6.54. The first-order valence-corrected chi connectivity index (χ1v) is 9.36. The molecule has 3 rings (SSSR count). The third-order valence-electron chi connectivity index (χ3n) is 5.06. The van der Waals surface area contributed by atoms with Crippen molar-refractivity contribution < 1.29 is 9.59 Å². The maximum absolute atomic E-state index is 12.6. The Morgan fingerprint density at radius 2 is 1.74 bits per heavy atom. The molecule has 1 saturated heterocycles. The minimum atomic E-state index is -0.672. The van der Waals surface area contributed by atoms with Gasteiger partial charge in [-0.2, -0.15) is 0 Å². The number of nitrogens with one attached hydrogen (secondary N) is 1. The van der Waals surface area contributed by atoms with Crippen molar-refractivity contribution in [3.8, 4) is 0 Å². The average molecular weight is 366 g/mol. The van der Waals surface area contributed by atoms with Gasteiger partial charge in [-0.15, -0.1) is 0 Å². The summed E-state index contributed by atoms with van der Waals surface area (Å²) in [6.07, 6.45) is 5.59. The number of rotatable bonds is 7. The molecule has 1 aliphatic rings. The van der Waals surface area contributed by atoms with Crippen molar-refractivity contribution in [2.45, 2.75) is 31.8 Å². The molecular formula is C21H26N4O2. The second-order valence-corrected chi connectivity index (χ2v) is 7.06. The summed E-state index contributed by atoms with van der Waals surface area (Å²) in [6, 6.07) is 13.0. The van der Waals surface area contributed by atoms with E-state index in [2.05, 4.69) is 15.2 Å². The molecule has 6 heteroatoms. The number of piperidine rings is 1. The number of nitrogens with two attached hydrogens (primary N) is 1. The highest BCUT2D eigenvalue weighted by atomic mass is 16.2. The second-order valence-electron chi connectivity index (χ2n) is 7.06. The summed E-state index contributed by atoms with van der Waals surface area (Å²) in [5.41, 5.74) is 7.71. The van der Waals surface area contributed by atoms with Crippen molar-refractivity contribution in [1.29, 1.82) is 0 Å². The van der Waals surface area contributed by atoms with Gasteiger partial charge < -0.3 is 11.1 Å². The van der Waals surface area contributed by atoms with Crippen LogP contribution < -0.4 is 11.1 Å². The maximum Gasteiger partial charge on any atom is 0.240 e. The molecule has 2 aromatic rings. The summed E-state index contributed by atoms with van der Waals surface area (Å²) < 4.78 is 0. The first kappa shape index (κ1) is 19.0. The average Bonchev–Trinajstić information content (AvgIpc) is 2.69. The second kappa shape index (κ2) is 9.28. The van der Waals surface area contributed by atoms with Crippen molar-refractivity contribution in [2.75, 3.05) is 13.1 Å². The van der Waals surface area contributed by atoms with Crippen LogP contribution in [0.15, 0.2) is 54.9 Å². The zero-order valence-electron chi connectivity index (χ0n) is 15.4. The monoisotopic (exact) mass is 366 g/mol. The normalized spacial score (nSPS) is 16.6. The molecule has 142 valence electrons. The largest absolute Gasteiger partial charge is 0.368 e. The van der Waals surface area contributed by atoms with Gasteiger partial charge in [-0.3, -0.25) is 19.5 Å². The van der Waals surface area contributed by atoms with Crippen LogP contribution in [0.2, 0.25) is 0 Å². The summed E-state index contributed by atoms with van der Waals surface area (Å²) >= 11 is 0. The standard InChI is InChI=1S/C21H26N4O2/c22-20(26)19(14-16-4-2-1-3-5-16)24-21(27)18-8-12-25(13-9-18)15-17-6-10-23-11-7-17/h1-7,10-11,18-19H,8-9,12-15H2,(H2,22,26)(H,24,27)/t19-/m0/s1. The fourth-order valence-electron chi connectivity index (χ4n) is 3.46. The van der Waals surface area contributed by atoms with Crippen LogP contribution in [0.4, 0.5) is 0 Å². The third kappa shape index (κ3) is 5.62. The molecule has 0 radical (unpaired) electrons. The van der Waals surface area contributed by atoms with Gasteiger partial charge >= 0.3 is 0 Å². The van der Waals surface area contributed by atoms with E-state index in [0.29, 0.717) is 6.42 Å². The number of hydrogen-bond donors (Lipinski definition) is 2. The lowest BCUT2D eigenvalue weighted by Gasteiger charge is -2.32. The predicted octanol–water partition coefficient (Wildman–Crippen LogP) is 1.51. The Bertz CT molecular complexity index is 743. The van der Waals surface area contributed by atoms with Gasteiger partial charge in [0, 0.05) is 31.3 Å². The molecule has 0 spiro atoms. The van der Waals surface area contributed by atoms with E-state index in [1.807, 2.05) is 42.5 Å². The van der Waals surface area contributed by atoms with E-state index in [-0.39, 0.29) is 11.8 Å². The molecule has 0 aliphatic carbocycles. The number of aromatic nitrogens is 1. The molecule has 1 atom stereocenters. The molecule has 0 saturated carbocycles. The third-order valence-corrected chi connectivity index (χ3v) is 5.06. The number of carbonyl (C=O) groups is 2. The van der Waals surface area contributed by atoms with Crippen LogP contribution in [0.25, 0.3) is 0 Å². The van der Waals surface area contributed by atoms with E-state index >= 15 is 0 Å². The Labute approximate surface area is 159 Å². The number of carbonyl (C=O) groups excluding carboxylic acids is 2. The zero-order chi connectivity index (χ0) is 19.1. The van der Waals surface area contributed by atoms with E-state index in [4.69, 9.17) is 5.73 Å². The SMILES string of the molecule is NC(=O)[C@H](Cc1ccccc1)NC(=O)C1CCN(Cc2ccncc2)CC1. The molecule has 0 unspecified atom stereocenters. The zero-order valence-corrected chi connectivity index (χ0v) is 15.4. The maximum atomic E-state index is 12.6. The lowest BCUT2D eigenvalue weighted by atomic mass is 9.94. The summed E-state index contributed by atoms with van der Waals surface area (Å²) in [4.78, 5) is 30.8. The lowest BCUT2D eigenvalue weighted by Crippen LogP contribution is -2.49. The van der Waals surface area contributed by atoms with Gasteiger partial charge in [0.05, 0.1) is 0 Å². The predicted molar refractivity (Wildman–Crippen MR) is 104 cm³/mol. The van der Waals surface area contributed by atoms with Gasteiger partial charge in [-0.25, -0.2) is 0 Å². The van der Waals surface area contributed by atoms with Crippen LogP contribution in [0.3, 0.4) is 0 Å². The highest BCUT2D eigenvalue weighted by Gasteiger charge is 2.28. The number of primary amides is 1. The molecule has 1 fully saturated rings. The minimum Gasteiger partial charge on any atom is -0.368 e. The summed E-state index contributed by atoms with van der Waals surface area (Å²) in [7, 11) is 0. The van der Waals surface area contributed by atoms with Crippen LogP contribution in [0.5, 0.6) is 0 Å². The first-order chi connectivity index (χ1) is 13.1. The van der Waals surface area contributed by atoms with Crippen LogP contribution in [-0.2, 0) is 22.6 Å². The molecular weight excluding hydrogens is 340 g/mol. The molecule has 3 N–H and O–H groups in total. The fraction of sp³-hybridized carbons (Fsp3) is 0.381. The van der Waals surface area contributed by atoms with Gasteiger partial charge in [-0.05, 0) is 49.2 Å². The molecule has 2 heterocycles. The Morgan fingerprint density at radius 3 is 2.37 bits per heavy atom. The molecule has 1 aliphatic heterocycles. The number of nitrogens with zero attached hydrogens (tertiary/aromatic N) is 2. The van der Waals surface area contributed by atoms with Crippen molar-refractivity contribution in [3.63, 3.8) is 0 Å². The van der Waals surface area contributed by atoms with Gasteiger partial charge in [-0.1, -0.05) is 30.3 Å². The van der Waals surface area contributed by atoms with Crippen molar-refractivity contribution >= 4 is 11.8 Å². The van der Waals surface area contributed by atoms with Crippen molar-refractivity contribution in [1.82, 2.24) is 15.2 Å². The van der Waals surface area contributed by atoms with E-state index in [1.54, 1.807) is 12.4 Å². The molecule has 1 aromatic carbocycles. The molecule has 27 heavy (non-hydrogen) atoms. The van der Waals surface area contributed by atoms with Crippen LogP contribution in [0, 0.1) is 5.92 Å². The summed E-state index contributed by atoms with van der Waals surface area (Å²) in [5, 5.41) is 2.86. The quantitative estimate of drug-likeness (QED) is 0.777. The van der Waals surface area contributed by atoms with E-state index in [1.165, 1.54) is 5.56 Å². The molecule has 0 bridgehead atoms. The first-order valence-electron chi connectivity index (χ1n) is 9.36. The lowest BCUT2D eigenvalue weighted by molar-refractivity contribution is -0.131. The van der Waals surface area contributed by atoms with Crippen molar-refractivity contribution in [3.05, 3.63) is 66.0 Å².